The molecule has 0 aliphatic rings. The molecule has 0 aliphatic heterocycles. The summed E-state index contributed by atoms with van der Waals surface area (Å²) in [7, 11) is -2.10. The molecular formula is C12H18BrNO3S. The molecule has 1 aromatic rings. The van der Waals surface area contributed by atoms with Crippen LogP contribution in [0.1, 0.15) is 19.4 Å². The number of halogens is 1. The fraction of sp³-hybridized carbons (Fsp3) is 0.500. The van der Waals surface area contributed by atoms with Crippen LogP contribution in [-0.2, 0) is 10.0 Å². The monoisotopic (exact) mass is 335 g/mol. The summed E-state index contributed by atoms with van der Waals surface area (Å²) in [6.07, 6.45) is 0. The number of rotatable bonds is 4. The van der Waals surface area contributed by atoms with Crippen molar-refractivity contribution in [2.24, 2.45) is 0 Å². The normalized spacial score (nSPS) is 13.1. The summed E-state index contributed by atoms with van der Waals surface area (Å²) in [5.41, 5.74) is -0.209. The largest absolute Gasteiger partial charge is 0.389 e. The van der Waals surface area contributed by atoms with Crippen molar-refractivity contribution in [3.8, 4) is 0 Å². The highest BCUT2D eigenvalue weighted by atomic mass is 79.9. The van der Waals surface area contributed by atoms with Gasteiger partial charge in [0.15, 0.2) is 0 Å². The van der Waals surface area contributed by atoms with Gasteiger partial charge in [-0.15, -0.1) is 0 Å². The van der Waals surface area contributed by atoms with E-state index in [1.807, 2.05) is 6.92 Å². The molecule has 1 N–H and O–H groups in total. The van der Waals surface area contributed by atoms with Crippen molar-refractivity contribution < 1.29 is 13.5 Å². The quantitative estimate of drug-likeness (QED) is 0.917. The van der Waals surface area contributed by atoms with Gasteiger partial charge in [-0.1, -0.05) is 15.9 Å². The molecule has 6 heteroatoms. The van der Waals surface area contributed by atoms with Gasteiger partial charge < -0.3 is 5.11 Å². The van der Waals surface area contributed by atoms with Crippen molar-refractivity contribution in [1.29, 1.82) is 0 Å². The first-order valence-corrected chi connectivity index (χ1v) is 7.72. The lowest BCUT2D eigenvalue weighted by Gasteiger charge is -2.25. The van der Waals surface area contributed by atoms with E-state index in [2.05, 4.69) is 15.9 Å². The summed E-state index contributed by atoms with van der Waals surface area (Å²) in [4.78, 5) is 0.231. The lowest BCUT2D eigenvalue weighted by Crippen LogP contribution is -2.39. The molecule has 0 radical (unpaired) electrons. The van der Waals surface area contributed by atoms with Gasteiger partial charge in [-0.3, -0.25) is 0 Å². The molecule has 0 bridgehead atoms. The number of likely N-dealkylation sites (N-methyl/N-ethyl adjacent to an activating group) is 1. The Kier molecular flexibility index (Phi) is 4.59. The Morgan fingerprint density at radius 3 is 2.39 bits per heavy atom. The zero-order valence-corrected chi connectivity index (χ0v) is 13.3. The summed E-state index contributed by atoms with van der Waals surface area (Å²) >= 11 is 3.33. The van der Waals surface area contributed by atoms with Gasteiger partial charge in [0, 0.05) is 18.1 Å². The lowest BCUT2D eigenvalue weighted by molar-refractivity contribution is 0.0640. The first-order chi connectivity index (χ1) is 8.04. The van der Waals surface area contributed by atoms with Crippen LogP contribution in [0.3, 0.4) is 0 Å². The van der Waals surface area contributed by atoms with Gasteiger partial charge in [-0.2, -0.15) is 4.31 Å². The van der Waals surface area contributed by atoms with Crippen molar-refractivity contribution >= 4 is 26.0 Å². The van der Waals surface area contributed by atoms with Crippen LogP contribution in [0.15, 0.2) is 27.6 Å². The number of hydrogen-bond donors (Lipinski definition) is 1. The fourth-order valence-electron chi connectivity index (χ4n) is 1.59. The van der Waals surface area contributed by atoms with Crippen molar-refractivity contribution in [2.75, 3.05) is 13.6 Å². The van der Waals surface area contributed by atoms with Gasteiger partial charge in [0.1, 0.15) is 0 Å². The Morgan fingerprint density at radius 1 is 1.39 bits per heavy atom. The molecule has 0 spiro atoms. The third-order valence-corrected chi connectivity index (χ3v) is 5.14. The summed E-state index contributed by atoms with van der Waals surface area (Å²) in [6.45, 7) is 5.03. The van der Waals surface area contributed by atoms with E-state index < -0.39 is 15.6 Å². The van der Waals surface area contributed by atoms with Gasteiger partial charge in [0.2, 0.25) is 10.0 Å². The molecule has 0 saturated heterocycles. The Bertz CT molecular complexity index is 535. The first-order valence-electron chi connectivity index (χ1n) is 5.49. The van der Waals surface area contributed by atoms with E-state index in [1.54, 1.807) is 32.0 Å². The van der Waals surface area contributed by atoms with Gasteiger partial charge in [-0.05, 0) is 44.5 Å². The van der Waals surface area contributed by atoms with Crippen molar-refractivity contribution in [1.82, 2.24) is 4.31 Å². The molecule has 0 amide bonds. The highest BCUT2D eigenvalue weighted by molar-refractivity contribution is 9.10. The Labute approximate surface area is 117 Å². The molecule has 0 aliphatic carbocycles. The Hall–Kier alpha value is -0.430. The van der Waals surface area contributed by atoms with E-state index in [9.17, 15) is 13.5 Å². The van der Waals surface area contributed by atoms with E-state index in [4.69, 9.17) is 0 Å². The highest BCUT2D eigenvalue weighted by Crippen LogP contribution is 2.22. The van der Waals surface area contributed by atoms with E-state index >= 15 is 0 Å². The molecule has 0 saturated carbocycles. The zero-order valence-electron chi connectivity index (χ0n) is 10.9. The summed E-state index contributed by atoms with van der Waals surface area (Å²) < 4.78 is 26.6. The minimum atomic E-state index is -3.56. The van der Waals surface area contributed by atoms with E-state index in [0.717, 1.165) is 14.3 Å². The van der Waals surface area contributed by atoms with Gasteiger partial charge >= 0.3 is 0 Å². The SMILES string of the molecule is Cc1cc(S(=O)(=O)N(C)CC(C)(C)O)ccc1Br. The number of nitrogens with zero attached hydrogens (tertiary/aromatic N) is 1. The fourth-order valence-corrected chi connectivity index (χ4v) is 3.25. The molecule has 0 aromatic heterocycles. The average molecular weight is 336 g/mol. The molecular weight excluding hydrogens is 318 g/mol. The number of benzene rings is 1. The zero-order chi connectivity index (χ0) is 14.1. The number of aliphatic hydroxyl groups is 1. The molecule has 0 fully saturated rings. The third-order valence-electron chi connectivity index (χ3n) is 2.45. The van der Waals surface area contributed by atoms with E-state index in [1.165, 1.54) is 7.05 Å². The molecule has 18 heavy (non-hydrogen) atoms. The van der Waals surface area contributed by atoms with Crippen LogP contribution in [0, 0.1) is 6.92 Å². The predicted octanol–water partition coefficient (Wildman–Crippen LogP) is 2.15. The first kappa shape index (κ1) is 15.6. The molecule has 102 valence electrons. The smallest absolute Gasteiger partial charge is 0.242 e. The van der Waals surface area contributed by atoms with Crippen LogP contribution < -0.4 is 0 Å². The molecule has 0 atom stereocenters. The van der Waals surface area contributed by atoms with Crippen LogP contribution in [0.4, 0.5) is 0 Å². The van der Waals surface area contributed by atoms with Crippen molar-refractivity contribution in [3.63, 3.8) is 0 Å². The second-order valence-corrected chi connectivity index (χ2v) is 7.88. The van der Waals surface area contributed by atoms with Crippen LogP contribution in [-0.4, -0.2) is 37.0 Å². The topological polar surface area (TPSA) is 57.6 Å². The summed E-state index contributed by atoms with van der Waals surface area (Å²) in [6, 6.07) is 4.87. The highest BCUT2D eigenvalue weighted by Gasteiger charge is 2.26. The minimum Gasteiger partial charge on any atom is -0.389 e. The molecule has 1 aromatic carbocycles. The number of aryl methyl sites for hydroxylation is 1. The molecule has 1 rings (SSSR count). The molecule has 0 unspecified atom stereocenters. The number of hydrogen-bond acceptors (Lipinski definition) is 3. The second kappa shape index (κ2) is 5.28. The third kappa shape index (κ3) is 3.78. The average Bonchev–Trinajstić information content (AvgIpc) is 2.19. The van der Waals surface area contributed by atoms with Crippen LogP contribution in [0.5, 0.6) is 0 Å². The molecule has 0 heterocycles. The van der Waals surface area contributed by atoms with Crippen molar-refractivity contribution in [3.05, 3.63) is 28.2 Å². The maximum Gasteiger partial charge on any atom is 0.242 e. The van der Waals surface area contributed by atoms with E-state index in [-0.39, 0.29) is 11.4 Å². The Balaban J connectivity index is 3.10. The van der Waals surface area contributed by atoms with Crippen LogP contribution >= 0.6 is 15.9 Å². The summed E-state index contributed by atoms with van der Waals surface area (Å²) in [5.74, 6) is 0. The Morgan fingerprint density at radius 2 is 1.94 bits per heavy atom. The minimum absolute atomic E-state index is 0.0461. The van der Waals surface area contributed by atoms with Crippen LogP contribution in [0.2, 0.25) is 0 Å². The predicted molar refractivity (Wildman–Crippen MR) is 75.0 cm³/mol. The second-order valence-electron chi connectivity index (χ2n) is 4.98. The molecule has 4 nitrogen and oxygen atoms in total. The standard InChI is InChI=1S/C12H18BrNO3S/c1-9-7-10(5-6-11(9)13)18(16,17)14(4)8-12(2,3)15/h5-7,15H,8H2,1-4H3. The van der Waals surface area contributed by atoms with Gasteiger partial charge in [0.25, 0.3) is 0 Å². The van der Waals surface area contributed by atoms with Crippen LogP contribution in [0.25, 0.3) is 0 Å². The maximum atomic E-state index is 12.3. The maximum absolute atomic E-state index is 12.3. The summed E-state index contributed by atoms with van der Waals surface area (Å²) in [5, 5.41) is 9.68. The van der Waals surface area contributed by atoms with Gasteiger partial charge in [-0.25, -0.2) is 8.42 Å². The number of sulfonamides is 1. The lowest BCUT2D eigenvalue weighted by atomic mass is 10.1. The van der Waals surface area contributed by atoms with Crippen molar-refractivity contribution in [2.45, 2.75) is 31.3 Å². The van der Waals surface area contributed by atoms with E-state index in [0.29, 0.717) is 0 Å². The van der Waals surface area contributed by atoms with Gasteiger partial charge in [0.05, 0.1) is 10.5 Å².